The van der Waals surface area contributed by atoms with Gasteiger partial charge in [0, 0.05) is 6.04 Å². The van der Waals surface area contributed by atoms with Crippen LogP contribution in [0.4, 0.5) is 0 Å². The second-order valence-electron chi connectivity index (χ2n) is 6.14. The number of aliphatic carboxylic acids is 1. The molecular formula is C15H25NO3. The first kappa shape index (κ1) is 14.4. The zero-order valence-corrected chi connectivity index (χ0v) is 11.7. The number of nitrogens with one attached hydrogen (secondary N) is 1. The molecule has 0 radical (unpaired) electrons. The Morgan fingerprint density at radius 3 is 2.32 bits per heavy atom. The van der Waals surface area contributed by atoms with Crippen LogP contribution < -0.4 is 5.32 Å². The number of carboxylic acid groups (broad SMARTS) is 1. The van der Waals surface area contributed by atoms with Crippen molar-refractivity contribution in [2.24, 2.45) is 17.8 Å². The summed E-state index contributed by atoms with van der Waals surface area (Å²) in [6.45, 7) is 2.07. The van der Waals surface area contributed by atoms with Gasteiger partial charge in [-0.15, -0.1) is 0 Å². The molecule has 3 atom stereocenters. The summed E-state index contributed by atoms with van der Waals surface area (Å²) < 4.78 is 0. The summed E-state index contributed by atoms with van der Waals surface area (Å²) in [6.07, 6.45) is 8.08. The predicted octanol–water partition coefficient (Wildman–Crippen LogP) is 2.57. The predicted molar refractivity (Wildman–Crippen MR) is 72.6 cm³/mol. The minimum atomic E-state index is -0.806. The summed E-state index contributed by atoms with van der Waals surface area (Å²) >= 11 is 0. The Bertz CT molecular complexity index is 336. The van der Waals surface area contributed by atoms with E-state index in [4.69, 9.17) is 0 Å². The molecule has 0 saturated heterocycles. The molecule has 0 bridgehead atoms. The molecule has 0 heterocycles. The average Bonchev–Trinajstić information content (AvgIpc) is 2.84. The van der Waals surface area contributed by atoms with Crippen LogP contribution >= 0.6 is 0 Å². The Kier molecular flexibility index (Phi) is 4.83. The van der Waals surface area contributed by atoms with Gasteiger partial charge in [-0.05, 0) is 31.6 Å². The zero-order valence-electron chi connectivity index (χ0n) is 11.7. The molecule has 2 aliphatic carbocycles. The van der Waals surface area contributed by atoms with Crippen LogP contribution in [0.5, 0.6) is 0 Å². The number of hydrogen-bond donors (Lipinski definition) is 2. The Labute approximate surface area is 115 Å². The lowest BCUT2D eigenvalue weighted by atomic mass is 9.92. The minimum Gasteiger partial charge on any atom is -0.481 e. The monoisotopic (exact) mass is 267 g/mol. The first-order chi connectivity index (χ1) is 9.11. The van der Waals surface area contributed by atoms with Crippen molar-refractivity contribution in [3.05, 3.63) is 0 Å². The first-order valence-corrected chi connectivity index (χ1v) is 7.65. The molecule has 0 aliphatic heterocycles. The van der Waals surface area contributed by atoms with Crippen molar-refractivity contribution in [2.45, 2.75) is 64.3 Å². The standard InChI is InChI=1S/C15H25NO3/c1-2-10-8-12(13(9-10)15(18)19)14(17)16-11-6-4-3-5-7-11/h10-13H,2-9H2,1H3,(H,16,17)(H,18,19). The third-order valence-corrected chi connectivity index (χ3v) is 4.84. The van der Waals surface area contributed by atoms with Gasteiger partial charge in [0.1, 0.15) is 0 Å². The second kappa shape index (κ2) is 6.40. The van der Waals surface area contributed by atoms with Crippen molar-refractivity contribution in [3.63, 3.8) is 0 Å². The van der Waals surface area contributed by atoms with Crippen molar-refractivity contribution in [2.75, 3.05) is 0 Å². The largest absolute Gasteiger partial charge is 0.481 e. The van der Waals surface area contributed by atoms with Crippen LogP contribution in [0.2, 0.25) is 0 Å². The van der Waals surface area contributed by atoms with E-state index in [2.05, 4.69) is 12.2 Å². The minimum absolute atomic E-state index is 0.0183. The Morgan fingerprint density at radius 2 is 1.74 bits per heavy atom. The maximum atomic E-state index is 12.3. The summed E-state index contributed by atoms with van der Waals surface area (Å²) in [5, 5.41) is 12.4. The topological polar surface area (TPSA) is 66.4 Å². The Hall–Kier alpha value is -1.06. The van der Waals surface area contributed by atoms with Crippen molar-refractivity contribution in [1.82, 2.24) is 5.32 Å². The van der Waals surface area contributed by atoms with E-state index in [1.54, 1.807) is 0 Å². The van der Waals surface area contributed by atoms with Crippen LogP contribution in [0.1, 0.15) is 58.3 Å². The van der Waals surface area contributed by atoms with Crippen molar-refractivity contribution in [1.29, 1.82) is 0 Å². The van der Waals surface area contributed by atoms with Crippen LogP contribution in [0.15, 0.2) is 0 Å². The molecule has 0 aromatic heterocycles. The summed E-state index contributed by atoms with van der Waals surface area (Å²) in [5.74, 6) is -1.23. The highest BCUT2D eigenvalue weighted by Gasteiger charge is 2.42. The van der Waals surface area contributed by atoms with Gasteiger partial charge in [0.05, 0.1) is 11.8 Å². The number of carbonyl (C=O) groups is 2. The normalized spacial score (nSPS) is 32.2. The van der Waals surface area contributed by atoms with E-state index in [1.807, 2.05) is 0 Å². The maximum Gasteiger partial charge on any atom is 0.307 e. The molecule has 0 spiro atoms. The van der Waals surface area contributed by atoms with Crippen LogP contribution in [0.3, 0.4) is 0 Å². The molecule has 2 N–H and O–H groups in total. The number of rotatable bonds is 4. The average molecular weight is 267 g/mol. The molecule has 2 rings (SSSR count). The van der Waals surface area contributed by atoms with Crippen molar-refractivity contribution < 1.29 is 14.7 Å². The highest BCUT2D eigenvalue weighted by Crippen LogP contribution is 2.38. The van der Waals surface area contributed by atoms with Gasteiger partial charge < -0.3 is 10.4 Å². The van der Waals surface area contributed by atoms with Crippen molar-refractivity contribution in [3.8, 4) is 0 Å². The smallest absolute Gasteiger partial charge is 0.307 e. The van der Waals surface area contributed by atoms with Gasteiger partial charge in [-0.1, -0.05) is 32.6 Å². The third-order valence-electron chi connectivity index (χ3n) is 4.84. The summed E-state index contributed by atoms with van der Waals surface area (Å²) in [7, 11) is 0. The maximum absolute atomic E-state index is 12.3. The van der Waals surface area contributed by atoms with E-state index in [0.717, 1.165) is 25.7 Å². The second-order valence-corrected chi connectivity index (χ2v) is 6.14. The van der Waals surface area contributed by atoms with Crippen LogP contribution in [-0.2, 0) is 9.59 Å². The number of carbonyl (C=O) groups excluding carboxylic acids is 1. The summed E-state index contributed by atoms with van der Waals surface area (Å²) in [5.41, 5.74) is 0. The van der Waals surface area contributed by atoms with E-state index in [1.165, 1.54) is 19.3 Å². The molecule has 1 amide bonds. The molecule has 4 heteroatoms. The van der Waals surface area contributed by atoms with Gasteiger partial charge in [0.25, 0.3) is 0 Å². The summed E-state index contributed by atoms with van der Waals surface area (Å²) in [4.78, 5) is 23.6. The molecule has 2 aliphatic rings. The van der Waals surface area contributed by atoms with Gasteiger partial charge >= 0.3 is 5.97 Å². The quantitative estimate of drug-likeness (QED) is 0.822. The fourth-order valence-corrected chi connectivity index (χ4v) is 3.59. The molecule has 19 heavy (non-hydrogen) atoms. The van der Waals surface area contributed by atoms with Gasteiger partial charge in [0.2, 0.25) is 5.91 Å². The van der Waals surface area contributed by atoms with Gasteiger partial charge in [-0.2, -0.15) is 0 Å². The van der Waals surface area contributed by atoms with Crippen LogP contribution in [0.25, 0.3) is 0 Å². The molecule has 0 aromatic carbocycles. The lowest BCUT2D eigenvalue weighted by Gasteiger charge is -2.25. The molecule has 108 valence electrons. The lowest BCUT2D eigenvalue weighted by Crippen LogP contribution is -2.42. The fourth-order valence-electron chi connectivity index (χ4n) is 3.59. The molecule has 3 unspecified atom stereocenters. The number of amides is 1. The Balaban J connectivity index is 1.94. The lowest BCUT2D eigenvalue weighted by molar-refractivity contribution is -0.146. The molecule has 2 fully saturated rings. The van der Waals surface area contributed by atoms with E-state index < -0.39 is 11.9 Å². The van der Waals surface area contributed by atoms with Crippen molar-refractivity contribution >= 4 is 11.9 Å². The molecule has 0 aromatic rings. The van der Waals surface area contributed by atoms with Crippen LogP contribution in [0, 0.1) is 17.8 Å². The van der Waals surface area contributed by atoms with E-state index in [9.17, 15) is 14.7 Å². The Morgan fingerprint density at radius 1 is 1.11 bits per heavy atom. The van der Waals surface area contributed by atoms with E-state index in [0.29, 0.717) is 12.3 Å². The summed E-state index contributed by atoms with van der Waals surface area (Å²) in [6, 6.07) is 0.274. The third kappa shape index (κ3) is 3.48. The molecule has 4 nitrogen and oxygen atoms in total. The fraction of sp³-hybridized carbons (Fsp3) is 0.867. The van der Waals surface area contributed by atoms with Gasteiger partial charge in [-0.25, -0.2) is 0 Å². The first-order valence-electron chi connectivity index (χ1n) is 7.65. The zero-order chi connectivity index (χ0) is 13.8. The van der Waals surface area contributed by atoms with E-state index in [-0.39, 0.29) is 17.9 Å². The van der Waals surface area contributed by atoms with Gasteiger partial charge in [-0.3, -0.25) is 9.59 Å². The number of hydrogen-bond acceptors (Lipinski definition) is 2. The van der Waals surface area contributed by atoms with Gasteiger partial charge in [0.15, 0.2) is 0 Å². The van der Waals surface area contributed by atoms with E-state index >= 15 is 0 Å². The number of carboxylic acids is 1. The molecule has 2 saturated carbocycles. The highest BCUT2D eigenvalue weighted by atomic mass is 16.4. The SMILES string of the molecule is CCC1CC(C(=O)O)C(C(=O)NC2CCCCC2)C1. The molecular weight excluding hydrogens is 242 g/mol. The highest BCUT2D eigenvalue weighted by molar-refractivity contribution is 5.85. The van der Waals surface area contributed by atoms with Crippen LogP contribution in [-0.4, -0.2) is 23.0 Å².